The number of nitrogens with one attached hydrogen (secondary N) is 1. The van der Waals surface area contributed by atoms with Crippen LogP contribution in [-0.4, -0.2) is 30.0 Å². The van der Waals surface area contributed by atoms with Gasteiger partial charge in [-0.15, -0.1) is 0 Å². The summed E-state index contributed by atoms with van der Waals surface area (Å²) in [7, 11) is 0. The van der Waals surface area contributed by atoms with Gasteiger partial charge in [0.15, 0.2) is 6.61 Å². The quantitative estimate of drug-likeness (QED) is 0.601. The van der Waals surface area contributed by atoms with Crippen LogP contribution in [0.3, 0.4) is 0 Å². The number of nitrogens with zero attached hydrogens (tertiary/aromatic N) is 1. The monoisotopic (exact) mass is 314 g/mol. The molecule has 0 radical (unpaired) electrons. The summed E-state index contributed by atoms with van der Waals surface area (Å²) in [6.45, 7) is 2.45. The van der Waals surface area contributed by atoms with Crippen LogP contribution in [0.4, 0.5) is 0 Å². The lowest BCUT2D eigenvalue weighted by molar-refractivity contribution is -0.148. The Bertz CT molecular complexity index is 670. The van der Waals surface area contributed by atoms with Crippen LogP contribution >= 0.6 is 0 Å². The molecule has 1 aromatic heterocycles. The largest absolute Gasteiger partial charge is 0.456 e. The van der Waals surface area contributed by atoms with Crippen molar-refractivity contribution in [3.63, 3.8) is 0 Å². The van der Waals surface area contributed by atoms with Crippen molar-refractivity contribution < 1.29 is 14.3 Å². The number of carbonyl (C=O) groups excluding carboxylic acids is 2. The molecule has 1 amide bonds. The third-order valence-corrected chi connectivity index (χ3v) is 3.46. The van der Waals surface area contributed by atoms with Gasteiger partial charge in [-0.05, 0) is 18.6 Å². The lowest BCUT2D eigenvalue weighted by Gasteiger charge is -2.06. The van der Waals surface area contributed by atoms with Gasteiger partial charge in [-0.2, -0.15) is 0 Å². The van der Waals surface area contributed by atoms with E-state index in [1.807, 2.05) is 43.3 Å². The summed E-state index contributed by atoms with van der Waals surface area (Å²) in [6, 6.07) is 11.7. The molecule has 0 unspecified atom stereocenters. The summed E-state index contributed by atoms with van der Waals surface area (Å²) in [5.74, 6) is -0.638. The predicted octanol–water partition coefficient (Wildman–Crippen LogP) is 2.63. The Balaban J connectivity index is 1.74. The third kappa shape index (κ3) is 5.70. The average Bonchev–Trinajstić information content (AvgIpc) is 2.58. The van der Waals surface area contributed by atoms with Crippen LogP contribution in [0, 0.1) is 0 Å². The number of aromatic nitrogens is 1. The molecule has 0 spiro atoms. The molecule has 122 valence electrons. The highest BCUT2D eigenvalue weighted by Gasteiger charge is 2.08. The number of para-hydroxylation sites is 1. The molecule has 5 nitrogen and oxygen atoms in total. The Morgan fingerprint density at radius 1 is 1.17 bits per heavy atom. The number of aryl methyl sites for hydroxylation is 1. The fraction of sp³-hybridized carbons (Fsp3) is 0.389. The Kier molecular flexibility index (Phi) is 6.54. The first kappa shape index (κ1) is 16.9. The summed E-state index contributed by atoms with van der Waals surface area (Å²) in [5.41, 5.74) is 1.75. The molecule has 1 heterocycles. The van der Waals surface area contributed by atoms with Gasteiger partial charge in [0.1, 0.15) is 0 Å². The molecule has 1 N–H and O–H groups in total. The smallest absolute Gasteiger partial charge is 0.306 e. The molecular formula is C18H22N2O3. The molecule has 0 bridgehead atoms. The molecule has 2 aromatic rings. The van der Waals surface area contributed by atoms with E-state index in [0.717, 1.165) is 29.4 Å². The Morgan fingerprint density at radius 2 is 2.00 bits per heavy atom. The van der Waals surface area contributed by atoms with E-state index in [-0.39, 0.29) is 24.9 Å². The maximum absolute atomic E-state index is 11.7. The van der Waals surface area contributed by atoms with Crippen molar-refractivity contribution in [2.75, 3.05) is 13.2 Å². The van der Waals surface area contributed by atoms with Crippen LogP contribution in [0.5, 0.6) is 0 Å². The van der Waals surface area contributed by atoms with Gasteiger partial charge in [-0.3, -0.25) is 14.6 Å². The zero-order valence-corrected chi connectivity index (χ0v) is 13.4. The summed E-state index contributed by atoms with van der Waals surface area (Å²) >= 11 is 0. The van der Waals surface area contributed by atoms with Crippen LogP contribution in [0.1, 0.15) is 31.9 Å². The second kappa shape index (κ2) is 8.88. The summed E-state index contributed by atoms with van der Waals surface area (Å²) in [6.07, 6.45) is 2.65. The zero-order valence-electron chi connectivity index (χ0n) is 13.4. The number of pyridine rings is 1. The van der Waals surface area contributed by atoms with E-state index in [0.29, 0.717) is 13.0 Å². The number of esters is 1. The third-order valence-electron chi connectivity index (χ3n) is 3.46. The van der Waals surface area contributed by atoms with Crippen molar-refractivity contribution >= 4 is 22.8 Å². The second-order valence-electron chi connectivity index (χ2n) is 5.36. The highest BCUT2D eigenvalue weighted by molar-refractivity contribution is 5.80. The molecule has 0 aliphatic carbocycles. The van der Waals surface area contributed by atoms with Crippen LogP contribution in [-0.2, 0) is 20.7 Å². The molecule has 0 aliphatic rings. The van der Waals surface area contributed by atoms with Gasteiger partial charge in [0.2, 0.25) is 0 Å². The lowest BCUT2D eigenvalue weighted by atomic mass is 10.1. The number of hydrogen-bond donors (Lipinski definition) is 1. The minimum absolute atomic E-state index is 0.215. The number of benzene rings is 1. The molecule has 0 fully saturated rings. The normalized spacial score (nSPS) is 10.5. The molecule has 1 aromatic carbocycles. The highest BCUT2D eigenvalue weighted by atomic mass is 16.5. The molecule has 0 saturated carbocycles. The highest BCUT2D eigenvalue weighted by Crippen LogP contribution is 2.12. The zero-order chi connectivity index (χ0) is 16.5. The molecule has 2 rings (SSSR count). The summed E-state index contributed by atoms with van der Waals surface area (Å²) in [5, 5.41) is 3.78. The van der Waals surface area contributed by atoms with E-state index >= 15 is 0 Å². The minimum atomic E-state index is -0.384. The van der Waals surface area contributed by atoms with Gasteiger partial charge in [0.25, 0.3) is 5.91 Å². The van der Waals surface area contributed by atoms with E-state index in [9.17, 15) is 9.59 Å². The van der Waals surface area contributed by atoms with Crippen molar-refractivity contribution in [3.8, 4) is 0 Å². The molecule has 0 atom stereocenters. The maximum atomic E-state index is 11.7. The fourth-order valence-corrected chi connectivity index (χ4v) is 2.15. The van der Waals surface area contributed by atoms with E-state index in [4.69, 9.17) is 4.74 Å². The van der Waals surface area contributed by atoms with Crippen LogP contribution in [0.25, 0.3) is 10.9 Å². The number of unbranched alkanes of at least 4 members (excludes halogenated alkanes) is 1. The number of fused-ring (bicyclic) bond motifs is 1. The topological polar surface area (TPSA) is 68.3 Å². The number of carbonyl (C=O) groups is 2. The van der Waals surface area contributed by atoms with Gasteiger partial charge < -0.3 is 10.1 Å². The van der Waals surface area contributed by atoms with Crippen molar-refractivity contribution in [1.82, 2.24) is 10.3 Å². The Morgan fingerprint density at radius 3 is 2.83 bits per heavy atom. The first-order chi connectivity index (χ1) is 11.2. The molecule has 5 heteroatoms. The van der Waals surface area contributed by atoms with Gasteiger partial charge in [-0.1, -0.05) is 37.6 Å². The van der Waals surface area contributed by atoms with E-state index < -0.39 is 0 Å². The minimum Gasteiger partial charge on any atom is -0.456 e. The van der Waals surface area contributed by atoms with Crippen molar-refractivity contribution in [3.05, 3.63) is 42.1 Å². The summed E-state index contributed by atoms with van der Waals surface area (Å²) < 4.78 is 4.96. The summed E-state index contributed by atoms with van der Waals surface area (Å²) in [4.78, 5) is 27.6. The average molecular weight is 314 g/mol. The SMILES string of the molecule is CCCCNC(=O)COC(=O)CCc1ccc2ccccc2n1. The Hall–Kier alpha value is -2.43. The van der Waals surface area contributed by atoms with E-state index in [1.54, 1.807) is 0 Å². The van der Waals surface area contributed by atoms with E-state index in [2.05, 4.69) is 10.3 Å². The fourth-order valence-electron chi connectivity index (χ4n) is 2.15. The van der Waals surface area contributed by atoms with E-state index in [1.165, 1.54) is 0 Å². The molecule has 0 saturated heterocycles. The Labute approximate surface area is 136 Å². The van der Waals surface area contributed by atoms with Gasteiger partial charge in [0.05, 0.1) is 11.9 Å². The number of amides is 1. The molecular weight excluding hydrogens is 292 g/mol. The standard InChI is InChI=1S/C18H22N2O3/c1-2-3-12-19-17(21)13-23-18(22)11-10-15-9-8-14-6-4-5-7-16(14)20-15/h4-9H,2-3,10-13H2,1H3,(H,19,21). The number of rotatable bonds is 8. The second-order valence-corrected chi connectivity index (χ2v) is 5.36. The van der Waals surface area contributed by atoms with Crippen LogP contribution < -0.4 is 5.32 Å². The number of hydrogen-bond acceptors (Lipinski definition) is 4. The van der Waals surface area contributed by atoms with Crippen LogP contribution in [0.2, 0.25) is 0 Å². The van der Waals surface area contributed by atoms with Crippen molar-refractivity contribution in [2.24, 2.45) is 0 Å². The van der Waals surface area contributed by atoms with Gasteiger partial charge >= 0.3 is 5.97 Å². The maximum Gasteiger partial charge on any atom is 0.306 e. The molecule has 23 heavy (non-hydrogen) atoms. The first-order valence-electron chi connectivity index (χ1n) is 7.96. The number of ether oxygens (including phenoxy) is 1. The van der Waals surface area contributed by atoms with Crippen LogP contribution in [0.15, 0.2) is 36.4 Å². The first-order valence-corrected chi connectivity index (χ1v) is 7.96. The van der Waals surface area contributed by atoms with Crippen molar-refractivity contribution in [1.29, 1.82) is 0 Å². The van der Waals surface area contributed by atoms with Gasteiger partial charge in [0, 0.05) is 24.0 Å². The molecule has 0 aliphatic heterocycles. The van der Waals surface area contributed by atoms with Gasteiger partial charge in [-0.25, -0.2) is 0 Å². The lowest BCUT2D eigenvalue weighted by Crippen LogP contribution is -2.29. The van der Waals surface area contributed by atoms with Crippen molar-refractivity contribution in [2.45, 2.75) is 32.6 Å². The predicted molar refractivity (Wildman–Crippen MR) is 88.9 cm³/mol.